The molecule has 0 amide bonds. The average molecular weight is 307 g/mol. The first-order valence-electron chi connectivity index (χ1n) is 7.79. The van der Waals surface area contributed by atoms with Gasteiger partial charge in [-0.25, -0.2) is 4.98 Å². The minimum absolute atomic E-state index is 0.685. The Morgan fingerprint density at radius 3 is 2.95 bits per heavy atom. The first kappa shape index (κ1) is 16.2. The molecule has 0 bridgehead atoms. The number of H-pyrrole nitrogens is 1. The Balaban J connectivity index is 1.77. The van der Waals surface area contributed by atoms with Crippen LogP contribution in [0, 0.1) is 0 Å². The molecule has 4 nitrogen and oxygen atoms in total. The lowest BCUT2D eigenvalue weighted by Crippen LogP contribution is -2.18. The second-order valence-corrected chi connectivity index (χ2v) is 6.04. The molecule has 1 aromatic heterocycles. The number of aromatic amines is 1. The third kappa shape index (κ3) is 5.25. The molecule has 0 unspecified atom stereocenters. The molecule has 0 saturated carbocycles. The molecule has 0 aliphatic heterocycles. The number of hydrogen-bond donors (Lipinski definition) is 2. The van der Waals surface area contributed by atoms with Gasteiger partial charge < -0.3 is 15.0 Å². The van der Waals surface area contributed by atoms with Gasteiger partial charge in [0.05, 0.1) is 17.6 Å². The van der Waals surface area contributed by atoms with Gasteiger partial charge in [-0.1, -0.05) is 31.5 Å². The van der Waals surface area contributed by atoms with Crippen molar-refractivity contribution in [1.82, 2.24) is 15.3 Å². The van der Waals surface area contributed by atoms with Crippen LogP contribution in [0.4, 0.5) is 0 Å². The summed E-state index contributed by atoms with van der Waals surface area (Å²) >= 11 is 1.76. The van der Waals surface area contributed by atoms with Gasteiger partial charge >= 0.3 is 0 Å². The molecular weight excluding hydrogens is 282 g/mol. The molecule has 0 aliphatic rings. The minimum atomic E-state index is 0.685. The van der Waals surface area contributed by atoms with Gasteiger partial charge in [-0.15, -0.1) is 0 Å². The lowest BCUT2D eigenvalue weighted by atomic mass is 10.2. The summed E-state index contributed by atoms with van der Waals surface area (Å²) in [4.78, 5) is 7.93. The second kappa shape index (κ2) is 8.95. The quantitative estimate of drug-likeness (QED) is 0.517. The van der Waals surface area contributed by atoms with Crippen molar-refractivity contribution in [3.05, 3.63) is 18.2 Å². The van der Waals surface area contributed by atoms with Gasteiger partial charge in [0.1, 0.15) is 5.75 Å². The molecule has 0 saturated heterocycles. The van der Waals surface area contributed by atoms with Gasteiger partial charge in [-0.3, -0.25) is 0 Å². The van der Waals surface area contributed by atoms with Crippen molar-refractivity contribution in [2.45, 2.75) is 38.3 Å². The number of unbranched alkanes of at least 4 members (excludes halogenated alkanes) is 2. The lowest BCUT2D eigenvalue weighted by Gasteiger charge is -2.02. The highest BCUT2D eigenvalue weighted by Crippen LogP contribution is 2.23. The summed E-state index contributed by atoms with van der Waals surface area (Å²) in [5.41, 5.74) is 2.04. The normalized spacial score (nSPS) is 11.1. The Labute approximate surface area is 131 Å². The zero-order chi connectivity index (χ0) is 14.9. The Morgan fingerprint density at radius 1 is 1.24 bits per heavy atom. The van der Waals surface area contributed by atoms with E-state index in [1.165, 1.54) is 19.3 Å². The standard InChI is InChI=1S/C16H25N3OS/c1-3-5-6-9-17-10-11-21-16-18-14-8-7-13(20-4-2)12-15(14)19-16/h7-8,12,17H,3-6,9-11H2,1-2H3,(H,18,19). The molecule has 1 heterocycles. The fraction of sp³-hybridized carbons (Fsp3) is 0.562. The number of rotatable bonds is 10. The second-order valence-electron chi connectivity index (χ2n) is 4.96. The van der Waals surface area contributed by atoms with Gasteiger partial charge in [0.25, 0.3) is 0 Å². The van der Waals surface area contributed by atoms with E-state index in [0.29, 0.717) is 6.61 Å². The van der Waals surface area contributed by atoms with Crippen LogP contribution in [0.3, 0.4) is 0 Å². The first-order valence-corrected chi connectivity index (χ1v) is 8.78. The smallest absolute Gasteiger partial charge is 0.166 e. The van der Waals surface area contributed by atoms with E-state index in [2.05, 4.69) is 22.2 Å². The Hall–Kier alpha value is -1.20. The maximum Gasteiger partial charge on any atom is 0.166 e. The Bertz CT molecular complexity index is 541. The molecule has 116 valence electrons. The Morgan fingerprint density at radius 2 is 2.14 bits per heavy atom. The number of ether oxygens (including phenoxy) is 1. The van der Waals surface area contributed by atoms with E-state index in [1.54, 1.807) is 11.8 Å². The van der Waals surface area contributed by atoms with Crippen LogP contribution in [0.5, 0.6) is 5.75 Å². The average Bonchev–Trinajstić information content (AvgIpc) is 2.88. The van der Waals surface area contributed by atoms with Crippen LogP contribution < -0.4 is 10.1 Å². The summed E-state index contributed by atoms with van der Waals surface area (Å²) in [6.45, 7) is 7.05. The summed E-state index contributed by atoms with van der Waals surface area (Å²) in [6.07, 6.45) is 3.86. The number of fused-ring (bicyclic) bond motifs is 1. The molecule has 2 aromatic rings. The van der Waals surface area contributed by atoms with Crippen LogP contribution in [0.2, 0.25) is 0 Å². The van der Waals surface area contributed by atoms with Gasteiger partial charge in [-0.05, 0) is 32.0 Å². The third-order valence-electron chi connectivity index (χ3n) is 3.22. The van der Waals surface area contributed by atoms with Crippen molar-refractivity contribution in [2.24, 2.45) is 0 Å². The Kier molecular flexibility index (Phi) is 6.89. The van der Waals surface area contributed by atoms with Gasteiger partial charge in [0.2, 0.25) is 0 Å². The van der Waals surface area contributed by atoms with Crippen LogP contribution >= 0.6 is 11.8 Å². The van der Waals surface area contributed by atoms with Crippen LogP contribution in [0.15, 0.2) is 23.4 Å². The van der Waals surface area contributed by atoms with Gasteiger partial charge in [0, 0.05) is 18.4 Å². The van der Waals surface area contributed by atoms with E-state index >= 15 is 0 Å². The van der Waals surface area contributed by atoms with Crippen LogP contribution in [0.1, 0.15) is 33.1 Å². The third-order valence-corrected chi connectivity index (χ3v) is 4.09. The fourth-order valence-corrected chi connectivity index (χ4v) is 2.92. The summed E-state index contributed by atoms with van der Waals surface area (Å²) in [7, 11) is 0. The number of nitrogens with one attached hydrogen (secondary N) is 2. The molecule has 0 atom stereocenters. The molecule has 0 radical (unpaired) electrons. The first-order chi connectivity index (χ1) is 10.3. The summed E-state index contributed by atoms with van der Waals surface area (Å²) in [6, 6.07) is 5.99. The fourth-order valence-electron chi connectivity index (χ4n) is 2.14. The zero-order valence-electron chi connectivity index (χ0n) is 12.9. The van der Waals surface area contributed by atoms with E-state index in [9.17, 15) is 0 Å². The van der Waals surface area contributed by atoms with Crippen molar-refractivity contribution in [2.75, 3.05) is 25.4 Å². The van der Waals surface area contributed by atoms with Gasteiger partial charge in [-0.2, -0.15) is 0 Å². The zero-order valence-corrected chi connectivity index (χ0v) is 13.8. The number of nitrogens with zero attached hydrogens (tertiary/aromatic N) is 1. The predicted molar refractivity (Wildman–Crippen MR) is 90.4 cm³/mol. The van der Waals surface area contributed by atoms with E-state index in [4.69, 9.17) is 4.74 Å². The van der Waals surface area contributed by atoms with Crippen molar-refractivity contribution in [3.8, 4) is 5.75 Å². The monoisotopic (exact) mass is 307 g/mol. The molecular formula is C16H25N3OS. The highest BCUT2D eigenvalue weighted by atomic mass is 32.2. The van der Waals surface area contributed by atoms with Crippen LogP contribution in [-0.4, -0.2) is 35.4 Å². The van der Waals surface area contributed by atoms with Crippen LogP contribution in [-0.2, 0) is 0 Å². The summed E-state index contributed by atoms with van der Waals surface area (Å²) < 4.78 is 5.50. The van der Waals surface area contributed by atoms with E-state index in [0.717, 1.165) is 40.8 Å². The number of aromatic nitrogens is 2. The molecule has 21 heavy (non-hydrogen) atoms. The predicted octanol–water partition coefficient (Wildman–Crippen LogP) is 3.83. The van der Waals surface area contributed by atoms with E-state index in [-0.39, 0.29) is 0 Å². The number of thioether (sulfide) groups is 1. The summed E-state index contributed by atoms with van der Waals surface area (Å²) in [5, 5.41) is 4.45. The topological polar surface area (TPSA) is 49.9 Å². The van der Waals surface area contributed by atoms with E-state index in [1.807, 2.05) is 25.1 Å². The molecule has 0 aliphatic carbocycles. The molecule has 0 fully saturated rings. The SMILES string of the molecule is CCCCCNCCSc1nc2ccc(OCC)cc2[nH]1. The molecule has 2 rings (SSSR count). The lowest BCUT2D eigenvalue weighted by molar-refractivity contribution is 0.340. The highest BCUT2D eigenvalue weighted by Gasteiger charge is 2.04. The van der Waals surface area contributed by atoms with Crippen molar-refractivity contribution in [1.29, 1.82) is 0 Å². The van der Waals surface area contributed by atoms with Crippen molar-refractivity contribution < 1.29 is 4.74 Å². The van der Waals surface area contributed by atoms with Gasteiger partial charge in [0.15, 0.2) is 5.16 Å². The molecule has 1 aromatic carbocycles. The maximum atomic E-state index is 5.50. The number of imidazole rings is 1. The largest absolute Gasteiger partial charge is 0.494 e. The number of benzene rings is 1. The van der Waals surface area contributed by atoms with Crippen molar-refractivity contribution in [3.63, 3.8) is 0 Å². The minimum Gasteiger partial charge on any atom is -0.494 e. The molecule has 0 spiro atoms. The van der Waals surface area contributed by atoms with Crippen molar-refractivity contribution >= 4 is 22.8 Å². The number of hydrogen-bond acceptors (Lipinski definition) is 4. The summed E-state index contributed by atoms with van der Waals surface area (Å²) in [5.74, 6) is 1.92. The maximum absolute atomic E-state index is 5.50. The van der Waals surface area contributed by atoms with E-state index < -0.39 is 0 Å². The molecule has 2 N–H and O–H groups in total. The highest BCUT2D eigenvalue weighted by molar-refractivity contribution is 7.99. The molecule has 5 heteroatoms. The van der Waals surface area contributed by atoms with Crippen LogP contribution in [0.25, 0.3) is 11.0 Å².